The molecule has 5 aliphatic rings. The standard InChI is InChI=1S/C65H72ClF3N8O8S3/c1-64(2)29-27-54(46-15-19-49(66)20-16-46)48(41-64)42-75-36-38-76(39-37-75)51-21-17-47(18-22-51)61(79)72-88(84,85)53-23-24-57(59(40-53)87(82,83)65(67,68)69)70-50(44-86-52-12-6-3-7-13-52)28-31-74-34-32-73(33-35-74)30-8-4-5-10-45-11-9-14-55-56(45)43-77(63(55)81)58-25-26-60(78)71-62(58)80/h3,6-7,9,11-24,40,50,58,70H,4,8,25-39,41-44H2,1-2H3,(H,72,79)(H,71,78,80). The van der Waals surface area contributed by atoms with E-state index >= 15 is 0 Å². The lowest BCUT2D eigenvalue weighted by Crippen LogP contribution is -2.52. The van der Waals surface area contributed by atoms with Crippen molar-refractivity contribution in [3.63, 3.8) is 0 Å². The van der Waals surface area contributed by atoms with Crippen molar-refractivity contribution in [1.29, 1.82) is 0 Å². The van der Waals surface area contributed by atoms with Crippen LogP contribution in [0.1, 0.15) is 103 Å². The SMILES string of the molecule is CC1(C)CCC(c2ccc(Cl)cc2)=C(CN2CCN(c3ccc(C(=O)NS(=O)(=O)c4ccc(NC(CCN5CCN(CCCC#Cc6cccc7c6CN(C6CCC(=O)NC6=O)C7=O)CC5)CSc5ccccc5)c(S(=O)(=O)C(F)(F)F)c4)cc3)CC2)C1. The summed E-state index contributed by atoms with van der Waals surface area (Å²) in [5.74, 6) is 4.69. The molecular weight excluding hydrogens is 1210 g/mol. The molecule has 5 aromatic rings. The highest BCUT2D eigenvalue weighted by molar-refractivity contribution is 7.99. The van der Waals surface area contributed by atoms with Crippen LogP contribution in [0.25, 0.3) is 5.57 Å². The molecule has 0 radical (unpaired) electrons. The molecule has 3 saturated heterocycles. The molecule has 88 heavy (non-hydrogen) atoms. The lowest BCUT2D eigenvalue weighted by Gasteiger charge is -2.39. The Balaban J connectivity index is 0.738. The molecule has 4 amide bonds. The Kier molecular flexibility index (Phi) is 20.1. The number of piperazine rings is 2. The Morgan fingerprint density at radius 3 is 2.20 bits per heavy atom. The summed E-state index contributed by atoms with van der Waals surface area (Å²) < 4.78 is 99.8. The molecule has 2 unspecified atom stereocenters. The van der Waals surface area contributed by atoms with Crippen molar-refractivity contribution in [3.05, 3.63) is 154 Å². The van der Waals surface area contributed by atoms with E-state index in [4.69, 9.17) is 11.6 Å². The number of rotatable bonds is 20. The van der Waals surface area contributed by atoms with Gasteiger partial charge in [0.25, 0.3) is 31.7 Å². The van der Waals surface area contributed by atoms with Crippen molar-refractivity contribution < 1.29 is 49.2 Å². The van der Waals surface area contributed by atoms with Gasteiger partial charge in [0.1, 0.15) is 10.9 Å². The Bertz CT molecular complexity index is 3730. The van der Waals surface area contributed by atoms with Crippen LogP contribution < -0.4 is 20.3 Å². The van der Waals surface area contributed by atoms with E-state index in [0.29, 0.717) is 54.9 Å². The molecule has 5 aromatic carbocycles. The lowest BCUT2D eigenvalue weighted by atomic mass is 9.73. The van der Waals surface area contributed by atoms with Gasteiger partial charge in [-0.1, -0.05) is 79.3 Å². The maximum Gasteiger partial charge on any atom is 0.501 e. The summed E-state index contributed by atoms with van der Waals surface area (Å²) in [5.41, 5.74) is 0.824. The minimum absolute atomic E-state index is 0.0212. The third kappa shape index (κ3) is 15.6. The maximum absolute atomic E-state index is 14.5. The number of nitrogens with zero attached hydrogens (tertiary/aromatic N) is 5. The normalized spacial score (nSPS) is 19.2. The number of hydrogen-bond donors (Lipinski definition) is 3. The first-order chi connectivity index (χ1) is 42.0. The number of amides is 4. The molecule has 4 heterocycles. The third-order valence-electron chi connectivity index (χ3n) is 17.1. The Morgan fingerprint density at radius 1 is 0.818 bits per heavy atom. The van der Waals surface area contributed by atoms with Gasteiger partial charge in [-0.15, -0.1) is 11.8 Å². The summed E-state index contributed by atoms with van der Waals surface area (Å²) >= 11 is 7.65. The predicted molar refractivity (Wildman–Crippen MR) is 336 cm³/mol. The summed E-state index contributed by atoms with van der Waals surface area (Å²) in [6, 6.07) is 30.3. The molecule has 0 spiro atoms. The molecule has 3 N–H and O–H groups in total. The van der Waals surface area contributed by atoms with Gasteiger partial charge < -0.3 is 24.9 Å². The fourth-order valence-corrected chi connectivity index (χ4v) is 15.3. The minimum Gasteiger partial charge on any atom is -0.380 e. The number of benzene rings is 5. The van der Waals surface area contributed by atoms with Crippen LogP contribution in [-0.4, -0.2) is 155 Å². The van der Waals surface area contributed by atoms with E-state index in [9.17, 15) is 49.2 Å². The number of fused-ring (bicyclic) bond motifs is 1. The van der Waals surface area contributed by atoms with Gasteiger partial charge in [0.15, 0.2) is 0 Å². The number of sulfonamides is 1. The second-order valence-electron chi connectivity index (χ2n) is 23.9. The zero-order chi connectivity index (χ0) is 62.4. The third-order valence-corrected chi connectivity index (χ3v) is 21.4. The van der Waals surface area contributed by atoms with Crippen LogP contribution in [0.15, 0.2) is 136 Å². The molecule has 3 fully saturated rings. The summed E-state index contributed by atoms with van der Waals surface area (Å²) in [4.78, 5) is 60.6. The Morgan fingerprint density at radius 2 is 1.51 bits per heavy atom. The average Bonchev–Trinajstić information content (AvgIpc) is 1.47. The molecular formula is C65H72ClF3N8O8S3. The van der Waals surface area contributed by atoms with Gasteiger partial charge in [-0.05, 0) is 146 Å². The van der Waals surface area contributed by atoms with Crippen LogP contribution in [-0.2, 0) is 36.0 Å². The number of thioether (sulfide) groups is 1. The molecule has 16 nitrogen and oxygen atoms in total. The number of carbonyl (C=O) groups excluding carboxylic acids is 4. The van der Waals surface area contributed by atoms with Crippen LogP contribution in [0.3, 0.4) is 0 Å². The highest BCUT2D eigenvalue weighted by atomic mass is 35.5. The van der Waals surface area contributed by atoms with Gasteiger partial charge in [0, 0.05) is 129 Å². The molecule has 466 valence electrons. The monoisotopic (exact) mass is 1280 g/mol. The van der Waals surface area contributed by atoms with Crippen LogP contribution in [0.4, 0.5) is 24.5 Å². The zero-order valence-corrected chi connectivity index (χ0v) is 52.4. The van der Waals surface area contributed by atoms with E-state index in [1.165, 1.54) is 45.5 Å². The summed E-state index contributed by atoms with van der Waals surface area (Å²) in [7, 11) is -11.0. The minimum atomic E-state index is -6.13. The van der Waals surface area contributed by atoms with Gasteiger partial charge >= 0.3 is 5.51 Å². The van der Waals surface area contributed by atoms with Crippen LogP contribution in [0.2, 0.25) is 5.02 Å². The second-order valence-corrected chi connectivity index (χ2v) is 29.0. The van der Waals surface area contributed by atoms with Crippen molar-refractivity contribution in [3.8, 4) is 11.8 Å². The fraction of sp³-hybridized carbons (Fsp3) is 0.415. The first-order valence-corrected chi connectivity index (χ1v) is 34.0. The van der Waals surface area contributed by atoms with E-state index in [0.717, 1.165) is 112 Å². The van der Waals surface area contributed by atoms with Crippen molar-refractivity contribution in [2.24, 2.45) is 5.41 Å². The lowest BCUT2D eigenvalue weighted by molar-refractivity contribution is -0.136. The van der Waals surface area contributed by atoms with Gasteiger partial charge in [0.05, 0.1) is 10.6 Å². The molecule has 10 rings (SSSR count). The number of alkyl halides is 3. The number of piperidine rings is 1. The number of nitrogens with one attached hydrogen (secondary N) is 3. The van der Waals surface area contributed by atoms with E-state index in [2.05, 4.69) is 68.1 Å². The molecule has 2 atom stereocenters. The maximum atomic E-state index is 14.5. The average molecular weight is 1280 g/mol. The van der Waals surface area contributed by atoms with Crippen LogP contribution >= 0.6 is 23.4 Å². The molecule has 4 aliphatic heterocycles. The Labute approximate surface area is 522 Å². The van der Waals surface area contributed by atoms with E-state index in [-0.39, 0.29) is 42.2 Å². The summed E-state index contributed by atoms with van der Waals surface area (Å²) in [5, 5.41) is 6.09. The highest BCUT2D eigenvalue weighted by Gasteiger charge is 2.49. The number of halogens is 4. The van der Waals surface area contributed by atoms with E-state index < -0.39 is 64.7 Å². The van der Waals surface area contributed by atoms with Crippen molar-refractivity contribution in [2.45, 2.75) is 104 Å². The predicted octanol–water partition coefficient (Wildman–Crippen LogP) is 9.71. The summed E-state index contributed by atoms with van der Waals surface area (Å²) in [6.07, 6.45) is 5.36. The number of imide groups is 1. The topological polar surface area (TPSA) is 189 Å². The van der Waals surface area contributed by atoms with E-state index in [1.807, 2.05) is 53.3 Å². The first-order valence-electron chi connectivity index (χ1n) is 29.7. The fourth-order valence-electron chi connectivity index (χ4n) is 12.2. The smallest absolute Gasteiger partial charge is 0.380 e. The number of sulfone groups is 1. The van der Waals surface area contributed by atoms with Crippen LogP contribution in [0, 0.1) is 17.3 Å². The molecule has 0 saturated carbocycles. The molecule has 23 heteroatoms. The second kappa shape index (κ2) is 27.6. The van der Waals surface area contributed by atoms with Crippen LogP contribution in [0.5, 0.6) is 0 Å². The van der Waals surface area contributed by atoms with Crippen molar-refractivity contribution in [1.82, 2.24) is 29.6 Å². The number of carbonyl (C=O) groups is 4. The van der Waals surface area contributed by atoms with Gasteiger partial charge in [-0.3, -0.25) is 29.4 Å². The van der Waals surface area contributed by atoms with Crippen molar-refractivity contribution >= 4 is 83.8 Å². The number of unbranched alkanes of at least 4 members (excludes halogenated alkanes) is 1. The highest BCUT2D eigenvalue weighted by Crippen LogP contribution is 2.43. The van der Waals surface area contributed by atoms with Gasteiger partial charge in [-0.2, -0.15) is 13.2 Å². The molecule has 0 bridgehead atoms. The number of allylic oxidation sites excluding steroid dienone is 1. The molecule has 1 aliphatic carbocycles. The first kappa shape index (κ1) is 64.3. The van der Waals surface area contributed by atoms with Gasteiger partial charge in [-0.25, -0.2) is 21.6 Å². The van der Waals surface area contributed by atoms with Gasteiger partial charge in [0.2, 0.25) is 11.8 Å². The molecule has 0 aromatic heterocycles. The number of hydrogen-bond acceptors (Lipinski definition) is 14. The quantitative estimate of drug-likeness (QED) is 0.0289. The largest absolute Gasteiger partial charge is 0.501 e. The zero-order valence-electron chi connectivity index (χ0n) is 49.2. The Hall–Kier alpha value is -6.71. The van der Waals surface area contributed by atoms with Crippen molar-refractivity contribution in [2.75, 3.05) is 88.0 Å². The van der Waals surface area contributed by atoms with E-state index in [1.54, 1.807) is 24.3 Å². The summed E-state index contributed by atoms with van der Waals surface area (Å²) in [6.45, 7) is 13.0. The number of anilines is 2.